The van der Waals surface area contributed by atoms with Crippen molar-refractivity contribution >= 4 is 23.0 Å². The predicted octanol–water partition coefficient (Wildman–Crippen LogP) is 7.62. The summed E-state index contributed by atoms with van der Waals surface area (Å²) in [5, 5.41) is 30.3. The molecule has 8 aliphatic carbocycles. The molecule has 2 heterocycles. The van der Waals surface area contributed by atoms with Crippen molar-refractivity contribution in [2.75, 3.05) is 26.2 Å². The second-order valence-corrected chi connectivity index (χ2v) is 22.1. The molecule has 2 saturated heterocycles. The van der Waals surface area contributed by atoms with Gasteiger partial charge in [0.25, 0.3) is 0 Å². The van der Waals surface area contributed by atoms with Gasteiger partial charge >= 0.3 is 5.09 Å². The van der Waals surface area contributed by atoms with Gasteiger partial charge in [-0.1, -0.05) is 38.0 Å². The summed E-state index contributed by atoms with van der Waals surface area (Å²) in [6.07, 6.45) is 14.8. The quantitative estimate of drug-likeness (QED) is 0.205. The number of Topliss-reactive ketones (excluding diaryl/α,β-unsaturated/α-hetero) is 2. The van der Waals surface area contributed by atoms with E-state index in [0.717, 1.165) is 102 Å². The van der Waals surface area contributed by atoms with Crippen LogP contribution in [0.3, 0.4) is 0 Å². The molecule has 6 unspecified atom stereocenters. The van der Waals surface area contributed by atoms with E-state index in [-0.39, 0.29) is 70.3 Å². The molecule has 2 aliphatic heterocycles. The van der Waals surface area contributed by atoms with E-state index in [1.165, 1.54) is 25.7 Å². The van der Waals surface area contributed by atoms with Gasteiger partial charge in [-0.2, -0.15) is 9.68 Å². The molecule has 10 aliphatic rings. The Morgan fingerprint density at radius 2 is 0.983 bits per heavy atom. The molecule has 320 valence electrons. The first-order valence-corrected chi connectivity index (χ1v) is 23.6. The van der Waals surface area contributed by atoms with Crippen LogP contribution in [0.1, 0.15) is 143 Å². The standard InChI is InChI=1S/C46H69N5O7/c1-43-15-13-33-29(31(43)9-11-41(43)52)25-37(35-21-27(49-17-5-6-18-49)23-39(47-54)45(33,35)3)57-51(56)58-38-26-30-32-10-12-42(53)44(32,2)16-14-34(30)46(4)36(38)22-28(24-40(46)48-55)50-19-7-8-20-50/h27-38H,5-26H2,1-4H3,(H-,54,55)/p+1/t27?,28?,29-,30-,31-,32-,33+,34+,35?,36?,37?,38?,43-,44-,45+,46+/m0/s1. The van der Waals surface area contributed by atoms with Crippen molar-refractivity contribution in [2.45, 2.75) is 168 Å². The topological polar surface area (TPSA) is 144 Å². The number of nitrogens with zero attached hydrogens (tertiary/aromatic N) is 5. The van der Waals surface area contributed by atoms with E-state index in [1.807, 2.05) is 0 Å². The number of ketones is 2. The van der Waals surface area contributed by atoms with Crippen molar-refractivity contribution in [1.82, 2.24) is 9.80 Å². The first-order chi connectivity index (χ1) is 27.8. The van der Waals surface area contributed by atoms with Crippen molar-refractivity contribution < 1.29 is 34.8 Å². The highest BCUT2D eigenvalue weighted by Gasteiger charge is 2.68. The van der Waals surface area contributed by atoms with Crippen LogP contribution in [0.15, 0.2) is 10.3 Å². The number of oxime groups is 2. The first kappa shape index (κ1) is 39.5. The highest BCUT2D eigenvalue weighted by Crippen LogP contribution is 2.67. The molecule has 0 bridgehead atoms. The molecule has 16 atom stereocenters. The van der Waals surface area contributed by atoms with E-state index in [4.69, 9.17) is 9.68 Å². The van der Waals surface area contributed by atoms with Crippen molar-refractivity contribution in [3.8, 4) is 0 Å². The first-order valence-electron chi connectivity index (χ1n) is 23.6. The van der Waals surface area contributed by atoms with E-state index in [2.05, 4.69) is 47.8 Å². The molecule has 0 spiro atoms. The molecule has 8 saturated carbocycles. The Bertz CT molecular complexity index is 1620. The molecular formula is C46H70N5O7+. The van der Waals surface area contributed by atoms with E-state index in [1.54, 1.807) is 0 Å². The van der Waals surface area contributed by atoms with Gasteiger partial charge in [0.2, 0.25) is 0 Å². The lowest BCUT2D eigenvalue weighted by Gasteiger charge is -2.61. The van der Waals surface area contributed by atoms with Crippen LogP contribution in [0.25, 0.3) is 0 Å². The minimum absolute atomic E-state index is 0.0487. The fourth-order valence-corrected chi connectivity index (χ4v) is 17.3. The second kappa shape index (κ2) is 14.2. The van der Waals surface area contributed by atoms with Gasteiger partial charge in [0.1, 0.15) is 16.5 Å². The van der Waals surface area contributed by atoms with Gasteiger partial charge in [0.05, 0.1) is 11.4 Å². The van der Waals surface area contributed by atoms with E-state index < -0.39 is 23.0 Å². The summed E-state index contributed by atoms with van der Waals surface area (Å²) in [6, 6.07) is 0.451. The minimum Gasteiger partial charge on any atom is -0.411 e. The summed E-state index contributed by atoms with van der Waals surface area (Å²) in [5.41, 5.74) is 0.0177. The molecule has 2 N–H and O–H groups in total. The maximum atomic E-state index is 14.7. The average Bonchev–Trinajstić information content (AvgIpc) is 4.03. The Morgan fingerprint density at radius 3 is 1.36 bits per heavy atom. The lowest BCUT2D eigenvalue weighted by atomic mass is 9.44. The number of hydrogen-bond donors (Lipinski definition) is 2. The number of carbonyl (C=O) groups excluding carboxylic acids is 2. The van der Waals surface area contributed by atoms with Gasteiger partial charge in [-0.15, -0.1) is 0 Å². The van der Waals surface area contributed by atoms with Crippen molar-refractivity contribution in [2.24, 2.45) is 79.3 Å². The highest BCUT2D eigenvalue weighted by atomic mass is 17.0. The molecule has 10 fully saturated rings. The van der Waals surface area contributed by atoms with E-state index >= 15 is 0 Å². The molecular weight excluding hydrogens is 735 g/mol. The Hall–Kier alpha value is -2.60. The molecule has 10 rings (SSSR count). The lowest BCUT2D eigenvalue weighted by Crippen LogP contribution is -2.64. The fraction of sp³-hybridized carbons (Fsp3) is 0.913. The molecule has 0 amide bonds. The maximum Gasteiger partial charge on any atom is 0.478 e. The zero-order valence-corrected chi connectivity index (χ0v) is 35.7. The van der Waals surface area contributed by atoms with E-state index in [9.17, 15) is 24.9 Å². The van der Waals surface area contributed by atoms with Crippen LogP contribution in [-0.4, -0.2) is 98.8 Å². The summed E-state index contributed by atoms with van der Waals surface area (Å²) < 4.78 is 0. The Balaban J connectivity index is 0.980. The van der Waals surface area contributed by atoms with Crippen LogP contribution < -0.4 is 0 Å². The summed E-state index contributed by atoms with van der Waals surface area (Å²) >= 11 is 0. The Labute approximate surface area is 344 Å². The SMILES string of the molecule is C[C@]12C(=NO)CC(N3CCCC3)CC1C(O[N+](=O)OC1C[C@@H]3[C@@H](CC[C@]4(C)C(=O)CC[C@@H]34)[C@@]3(C)C(=NO)CC(N4CCCC4)CC13)C[C@@H]1[C@H]2CC[C@]2(C)C(=O)CC[C@@H]12. The molecule has 12 nitrogen and oxygen atoms in total. The lowest BCUT2D eigenvalue weighted by molar-refractivity contribution is -0.995. The third-order valence-corrected chi connectivity index (χ3v) is 20.4. The molecule has 0 radical (unpaired) electrons. The van der Waals surface area contributed by atoms with Gasteiger partial charge in [-0.25, -0.2) is 0 Å². The number of hydrogen-bond acceptors (Lipinski definition) is 11. The van der Waals surface area contributed by atoms with Gasteiger partial charge in [-0.05, 0) is 152 Å². The highest BCUT2D eigenvalue weighted by molar-refractivity contribution is 5.93. The third-order valence-electron chi connectivity index (χ3n) is 20.4. The van der Waals surface area contributed by atoms with Gasteiger partial charge in [0, 0.05) is 71.3 Å². The van der Waals surface area contributed by atoms with Crippen LogP contribution in [-0.2, 0) is 19.3 Å². The normalized spacial score (nSPS) is 51.8. The maximum absolute atomic E-state index is 14.7. The predicted molar refractivity (Wildman–Crippen MR) is 216 cm³/mol. The molecule has 58 heavy (non-hydrogen) atoms. The second-order valence-electron chi connectivity index (χ2n) is 22.1. The van der Waals surface area contributed by atoms with Gasteiger partial charge < -0.3 is 10.4 Å². The number of fused-ring (bicyclic) bond motifs is 10. The molecule has 0 aromatic carbocycles. The third kappa shape index (κ3) is 5.63. The van der Waals surface area contributed by atoms with Crippen LogP contribution in [0.4, 0.5) is 0 Å². The van der Waals surface area contributed by atoms with Crippen LogP contribution in [0.5, 0.6) is 0 Å². The minimum atomic E-state index is -0.469. The van der Waals surface area contributed by atoms with Crippen molar-refractivity contribution in [1.29, 1.82) is 0 Å². The molecule has 0 aromatic heterocycles. The van der Waals surface area contributed by atoms with Crippen molar-refractivity contribution in [3.05, 3.63) is 4.91 Å². The largest absolute Gasteiger partial charge is 0.478 e. The van der Waals surface area contributed by atoms with Crippen LogP contribution >= 0.6 is 0 Å². The Morgan fingerprint density at radius 1 is 0.586 bits per heavy atom. The van der Waals surface area contributed by atoms with Gasteiger partial charge in [-0.3, -0.25) is 19.4 Å². The summed E-state index contributed by atoms with van der Waals surface area (Å²) in [5.74, 6) is 1.92. The summed E-state index contributed by atoms with van der Waals surface area (Å²) in [7, 11) is 0. The molecule has 0 aromatic rings. The average molecular weight is 805 g/mol. The zero-order valence-electron chi connectivity index (χ0n) is 35.7. The Kier molecular flexibility index (Phi) is 9.70. The number of likely N-dealkylation sites (tertiary alicyclic amines) is 2. The van der Waals surface area contributed by atoms with Crippen LogP contribution in [0, 0.1) is 73.9 Å². The fourth-order valence-electron chi connectivity index (χ4n) is 17.3. The zero-order chi connectivity index (χ0) is 40.4. The number of rotatable bonds is 6. The van der Waals surface area contributed by atoms with Crippen LogP contribution in [0.2, 0.25) is 0 Å². The summed E-state index contributed by atoms with van der Waals surface area (Å²) in [6.45, 7) is 13.1. The number of carbonyl (C=O) groups is 2. The van der Waals surface area contributed by atoms with E-state index in [0.29, 0.717) is 42.3 Å². The van der Waals surface area contributed by atoms with Gasteiger partial charge in [0.15, 0.2) is 12.2 Å². The van der Waals surface area contributed by atoms with Crippen molar-refractivity contribution in [3.63, 3.8) is 0 Å². The summed E-state index contributed by atoms with van der Waals surface area (Å²) in [4.78, 5) is 60.1. The monoisotopic (exact) mass is 805 g/mol. The smallest absolute Gasteiger partial charge is 0.411 e. The molecule has 12 heteroatoms.